The Morgan fingerprint density at radius 2 is 1.39 bits per heavy atom. The molecule has 1 atom stereocenters. The third-order valence-electron chi connectivity index (χ3n) is 8.09. The van der Waals surface area contributed by atoms with Crippen LogP contribution in [0.3, 0.4) is 0 Å². The Hall–Kier alpha value is -6.29. The number of anilines is 2. The van der Waals surface area contributed by atoms with Crippen molar-refractivity contribution < 1.29 is 23.9 Å². The molecule has 54 heavy (non-hydrogen) atoms. The molecule has 270 valence electrons. The molecule has 0 heterocycles. The third-order valence-corrected chi connectivity index (χ3v) is 9.60. The summed E-state index contributed by atoms with van der Waals surface area (Å²) in [7, 11) is 1.53. The summed E-state index contributed by atoms with van der Waals surface area (Å²) in [6.45, 7) is 0.423. The number of thioether (sulfide) groups is 1. The summed E-state index contributed by atoms with van der Waals surface area (Å²) >= 11 is 7.57. The summed E-state index contributed by atoms with van der Waals surface area (Å²) in [5.41, 5.74) is 3.96. The number of rotatable bonds is 14. The van der Waals surface area contributed by atoms with Gasteiger partial charge in [0.1, 0.15) is 29.1 Å². The predicted molar refractivity (Wildman–Crippen MR) is 216 cm³/mol. The SMILES string of the molecule is COc1ccc(Cl)cc1NC(=O)C(Sc1ccc(NC(=O)/C(=C/c2ccc(OCc3ccccc3)cc2)NC(=O)c2ccccc2)cc1)c1ccccc1. The van der Waals surface area contributed by atoms with Crippen molar-refractivity contribution in [3.05, 3.63) is 191 Å². The molecule has 0 aliphatic heterocycles. The normalized spacial score (nSPS) is 11.6. The Kier molecular flexibility index (Phi) is 12.8. The van der Waals surface area contributed by atoms with Crippen LogP contribution in [0.1, 0.15) is 32.3 Å². The van der Waals surface area contributed by atoms with E-state index in [4.69, 9.17) is 21.1 Å². The molecule has 0 aliphatic carbocycles. The number of ether oxygens (including phenoxy) is 2. The molecule has 3 N–H and O–H groups in total. The second kappa shape index (κ2) is 18.5. The van der Waals surface area contributed by atoms with E-state index in [1.165, 1.54) is 18.9 Å². The van der Waals surface area contributed by atoms with Crippen molar-refractivity contribution in [3.8, 4) is 11.5 Å². The zero-order valence-corrected chi connectivity index (χ0v) is 30.8. The van der Waals surface area contributed by atoms with Gasteiger partial charge in [0, 0.05) is 21.2 Å². The standard InChI is InChI=1S/C44H36ClN3O5S/c1-52-40-26-19-34(45)28-38(40)47-44(51)41(32-13-7-3-8-14-32)54-37-24-20-35(21-25-37)46-43(50)39(48-42(49)33-15-9-4-10-16-33)27-30-17-22-36(23-18-30)53-29-31-11-5-2-6-12-31/h2-28,41H,29H2,1H3,(H,46,50)(H,47,51)(H,48,49)/b39-27-. The molecule has 0 aromatic heterocycles. The molecule has 1 unspecified atom stereocenters. The summed E-state index contributed by atoms with van der Waals surface area (Å²) in [5, 5.41) is 8.48. The van der Waals surface area contributed by atoms with Crippen LogP contribution in [-0.4, -0.2) is 24.8 Å². The maximum absolute atomic E-state index is 13.7. The molecule has 6 aromatic rings. The summed E-state index contributed by atoms with van der Waals surface area (Å²) in [5.74, 6) is -0.0375. The molecular weight excluding hydrogens is 718 g/mol. The zero-order chi connectivity index (χ0) is 37.7. The molecule has 0 saturated carbocycles. The predicted octanol–water partition coefficient (Wildman–Crippen LogP) is 9.81. The van der Waals surface area contributed by atoms with Gasteiger partial charge in [-0.25, -0.2) is 0 Å². The average molecular weight is 754 g/mol. The molecule has 0 fully saturated rings. The van der Waals surface area contributed by atoms with E-state index in [-0.39, 0.29) is 11.6 Å². The highest BCUT2D eigenvalue weighted by Gasteiger charge is 2.24. The minimum Gasteiger partial charge on any atom is -0.495 e. The van der Waals surface area contributed by atoms with Crippen LogP contribution in [0.2, 0.25) is 5.02 Å². The Morgan fingerprint density at radius 1 is 0.741 bits per heavy atom. The van der Waals surface area contributed by atoms with E-state index in [1.807, 2.05) is 103 Å². The molecule has 0 bridgehead atoms. The fraction of sp³-hybridized carbons (Fsp3) is 0.0682. The van der Waals surface area contributed by atoms with Crippen molar-refractivity contribution in [3.63, 3.8) is 0 Å². The lowest BCUT2D eigenvalue weighted by Crippen LogP contribution is -2.30. The number of methoxy groups -OCH3 is 1. The first-order valence-corrected chi connectivity index (χ1v) is 18.2. The van der Waals surface area contributed by atoms with E-state index in [2.05, 4.69) is 16.0 Å². The van der Waals surface area contributed by atoms with Gasteiger partial charge in [0.2, 0.25) is 5.91 Å². The van der Waals surface area contributed by atoms with Crippen molar-refractivity contribution in [1.82, 2.24) is 5.32 Å². The summed E-state index contributed by atoms with van der Waals surface area (Å²) < 4.78 is 11.3. The van der Waals surface area contributed by atoms with Gasteiger partial charge in [-0.15, -0.1) is 11.8 Å². The lowest BCUT2D eigenvalue weighted by molar-refractivity contribution is -0.116. The first-order chi connectivity index (χ1) is 26.3. The van der Waals surface area contributed by atoms with Crippen molar-refractivity contribution in [2.24, 2.45) is 0 Å². The summed E-state index contributed by atoms with van der Waals surface area (Å²) in [6.07, 6.45) is 1.61. The minimum atomic E-state index is -0.617. The number of nitrogens with one attached hydrogen (secondary N) is 3. The van der Waals surface area contributed by atoms with Gasteiger partial charge in [-0.1, -0.05) is 103 Å². The van der Waals surface area contributed by atoms with Gasteiger partial charge in [0.15, 0.2) is 0 Å². The highest BCUT2D eigenvalue weighted by Crippen LogP contribution is 2.38. The lowest BCUT2D eigenvalue weighted by Gasteiger charge is -2.19. The Morgan fingerprint density at radius 3 is 2.06 bits per heavy atom. The second-order valence-corrected chi connectivity index (χ2v) is 13.6. The number of carbonyl (C=O) groups is 3. The van der Waals surface area contributed by atoms with Crippen LogP contribution in [0, 0.1) is 0 Å². The molecule has 6 aromatic carbocycles. The fourth-order valence-corrected chi connectivity index (χ4v) is 6.54. The molecule has 0 aliphatic rings. The molecule has 0 spiro atoms. The molecule has 0 radical (unpaired) electrons. The van der Waals surface area contributed by atoms with E-state index in [0.29, 0.717) is 45.6 Å². The summed E-state index contributed by atoms with van der Waals surface area (Å²) in [4.78, 5) is 41.4. The number of hydrogen-bond acceptors (Lipinski definition) is 6. The number of carbonyl (C=O) groups excluding carboxylic acids is 3. The largest absolute Gasteiger partial charge is 0.495 e. The molecule has 8 nitrogen and oxygen atoms in total. The second-order valence-electron chi connectivity index (χ2n) is 11.9. The van der Waals surface area contributed by atoms with Gasteiger partial charge >= 0.3 is 0 Å². The van der Waals surface area contributed by atoms with E-state index in [1.54, 1.807) is 60.7 Å². The van der Waals surface area contributed by atoms with Crippen LogP contribution in [0.25, 0.3) is 6.08 Å². The van der Waals surface area contributed by atoms with Crippen molar-refractivity contribution in [2.45, 2.75) is 16.8 Å². The number of benzene rings is 6. The van der Waals surface area contributed by atoms with Gasteiger partial charge in [-0.3, -0.25) is 14.4 Å². The maximum Gasteiger partial charge on any atom is 0.272 e. The molecule has 3 amide bonds. The van der Waals surface area contributed by atoms with Gasteiger partial charge in [-0.2, -0.15) is 0 Å². The smallest absolute Gasteiger partial charge is 0.272 e. The van der Waals surface area contributed by atoms with Gasteiger partial charge in [0.05, 0.1) is 12.8 Å². The monoisotopic (exact) mass is 753 g/mol. The number of amides is 3. The molecule has 0 saturated heterocycles. The van der Waals surface area contributed by atoms with Gasteiger partial charge in [0.25, 0.3) is 11.8 Å². The zero-order valence-electron chi connectivity index (χ0n) is 29.2. The van der Waals surface area contributed by atoms with Crippen LogP contribution in [0.5, 0.6) is 11.5 Å². The van der Waals surface area contributed by atoms with E-state index in [0.717, 1.165) is 16.0 Å². The Bertz CT molecular complexity index is 2220. The topological polar surface area (TPSA) is 106 Å². The quantitative estimate of drug-likeness (QED) is 0.0756. The molecular formula is C44H36ClN3O5S. The van der Waals surface area contributed by atoms with Gasteiger partial charge in [-0.05, 0) is 89.5 Å². The molecule has 6 rings (SSSR count). The average Bonchev–Trinajstić information content (AvgIpc) is 3.21. The first-order valence-electron chi connectivity index (χ1n) is 17.0. The lowest BCUT2D eigenvalue weighted by atomic mass is 10.1. The fourth-order valence-electron chi connectivity index (χ4n) is 5.34. The Balaban J connectivity index is 1.17. The Labute approximate surface area is 323 Å². The van der Waals surface area contributed by atoms with Crippen LogP contribution >= 0.6 is 23.4 Å². The van der Waals surface area contributed by atoms with Crippen molar-refractivity contribution in [1.29, 1.82) is 0 Å². The van der Waals surface area contributed by atoms with E-state index in [9.17, 15) is 14.4 Å². The number of hydrogen-bond donors (Lipinski definition) is 3. The maximum atomic E-state index is 13.7. The molecule has 10 heteroatoms. The van der Waals surface area contributed by atoms with Crippen LogP contribution < -0.4 is 25.4 Å². The highest BCUT2D eigenvalue weighted by molar-refractivity contribution is 8.00. The van der Waals surface area contributed by atoms with Crippen LogP contribution in [-0.2, 0) is 16.2 Å². The van der Waals surface area contributed by atoms with Crippen molar-refractivity contribution >= 4 is 58.5 Å². The summed E-state index contributed by atoms with van der Waals surface area (Å²) in [6, 6.07) is 47.4. The first kappa shape index (κ1) is 37.5. The van der Waals surface area contributed by atoms with E-state index >= 15 is 0 Å². The van der Waals surface area contributed by atoms with Crippen molar-refractivity contribution in [2.75, 3.05) is 17.7 Å². The van der Waals surface area contributed by atoms with Crippen LogP contribution in [0.4, 0.5) is 11.4 Å². The highest BCUT2D eigenvalue weighted by atomic mass is 35.5. The minimum absolute atomic E-state index is 0.0533. The van der Waals surface area contributed by atoms with Gasteiger partial charge < -0.3 is 25.4 Å². The van der Waals surface area contributed by atoms with Crippen LogP contribution in [0.15, 0.2) is 168 Å². The third kappa shape index (κ3) is 10.4. The van der Waals surface area contributed by atoms with E-state index < -0.39 is 17.1 Å². The number of halogens is 1.